The Kier molecular flexibility index (Phi) is 4.42. The third-order valence-electron chi connectivity index (χ3n) is 3.19. The first-order valence-electron chi connectivity index (χ1n) is 6.76. The predicted octanol–water partition coefficient (Wildman–Crippen LogP) is 2.70. The van der Waals surface area contributed by atoms with Gasteiger partial charge in [0.1, 0.15) is 5.69 Å². The standard InChI is InChI=1S/C16H18N2O3/c1-11(2)18-8-4-7-14(18)15(19)17-10-12-5-3-6-13(9-12)16(20)21/h3-9,11H,10H2,1-2H3,(H,17,19)(H,20,21). The molecular formula is C16H18N2O3. The van der Waals surface area contributed by atoms with Crippen LogP contribution in [0.15, 0.2) is 42.6 Å². The van der Waals surface area contributed by atoms with E-state index in [2.05, 4.69) is 5.32 Å². The molecule has 0 radical (unpaired) electrons. The highest BCUT2D eigenvalue weighted by atomic mass is 16.4. The number of benzene rings is 1. The number of rotatable bonds is 5. The van der Waals surface area contributed by atoms with Crippen LogP contribution in [0.5, 0.6) is 0 Å². The molecule has 0 aliphatic rings. The summed E-state index contributed by atoms with van der Waals surface area (Å²) in [6.07, 6.45) is 1.87. The number of carboxylic acids is 1. The molecule has 5 nitrogen and oxygen atoms in total. The van der Waals surface area contributed by atoms with Crippen LogP contribution in [0.1, 0.15) is 46.3 Å². The fraction of sp³-hybridized carbons (Fsp3) is 0.250. The van der Waals surface area contributed by atoms with E-state index in [1.54, 1.807) is 24.3 Å². The van der Waals surface area contributed by atoms with Crippen molar-refractivity contribution in [3.8, 4) is 0 Å². The Morgan fingerprint density at radius 2 is 2.00 bits per heavy atom. The van der Waals surface area contributed by atoms with Gasteiger partial charge in [-0.15, -0.1) is 0 Å². The molecule has 0 saturated carbocycles. The summed E-state index contributed by atoms with van der Waals surface area (Å²) >= 11 is 0. The zero-order valence-electron chi connectivity index (χ0n) is 12.0. The third-order valence-corrected chi connectivity index (χ3v) is 3.19. The highest BCUT2D eigenvalue weighted by molar-refractivity contribution is 5.92. The van der Waals surface area contributed by atoms with Crippen LogP contribution in [-0.4, -0.2) is 21.6 Å². The van der Waals surface area contributed by atoms with E-state index in [9.17, 15) is 9.59 Å². The Bertz CT molecular complexity index is 659. The van der Waals surface area contributed by atoms with Crippen molar-refractivity contribution in [1.82, 2.24) is 9.88 Å². The van der Waals surface area contributed by atoms with E-state index in [1.807, 2.05) is 30.7 Å². The number of amides is 1. The van der Waals surface area contributed by atoms with Gasteiger partial charge >= 0.3 is 5.97 Å². The Hall–Kier alpha value is -2.56. The van der Waals surface area contributed by atoms with Gasteiger partial charge in [-0.2, -0.15) is 0 Å². The van der Waals surface area contributed by atoms with Crippen LogP contribution < -0.4 is 5.32 Å². The molecule has 1 amide bonds. The number of aromatic nitrogens is 1. The number of hydrogen-bond donors (Lipinski definition) is 2. The van der Waals surface area contributed by atoms with Crippen molar-refractivity contribution in [1.29, 1.82) is 0 Å². The Morgan fingerprint density at radius 1 is 1.24 bits per heavy atom. The fourth-order valence-electron chi connectivity index (χ4n) is 2.12. The maximum Gasteiger partial charge on any atom is 0.335 e. The first-order valence-corrected chi connectivity index (χ1v) is 6.76. The van der Waals surface area contributed by atoms with E-state index in [0.29, 0.717) is 12.2 Å². The Balaban J connectivity index is 2.06. The van der Waals surface area contributed by atoms with Gasteiger partial charge in [-0.25, -0.2) is 4.79 Å². The van der Waals surface area contributed by atoms with Crippen molar-refractivity contribution in [2.75, 3.05) is 0 Å². The molecule has 2 N–H and O–H groups in total. The van der Waals surface area contributed by atoms with Crippen LogP contribution in [0.25, 0.3) is 0 Å². The molecule has 5 heteroatoms. The molecule has 2 rings (SSSR count). The third kappa shape index (κ3) is 3.51. The molecule has 21 heavy (non-hydrogen) atoms. The maximum atomic E-state index is 12.2. The summed E-state index contributed by atoms with van der Waals surface area (Å²) in [5, 5.41) is 11.8. The average molecular weight is 286 g/mol. The topological polar surface area (TPSA) is 71.3 Å². The molecule has 1 aromatic carbocycles. The second-order valence-corrected chi connectivity index (χ2v) is 5.08. The van der Waals surface area contributed by atoms with Crippen LogP contribution >= 0.6 is 0 Å². The molecule has 0 aliphatic carbocycles. The Morgan fingerprint density at radius 3 is 2.67 bits per heavy atom. The van der Waals surface area contributed by atoms with Gasteiger partial charge in [0, 0.05) is 18.8 Å². The average Bonchev–Trinajstić information content (AvgIpc) is 2.94. The van der Waals surface area contributed by atoms with E-state index in [1.165, 1.54) is 6.07 Å². The lowest BCUT2D eigenvalue weighted by atomic mass is 10.1. The molecule has 110 valence electrons. The molecule has 1 heterocycles. The lowest BCUT2D eigenvalue weighted by Crippen LogP contribution is -2.25. The highest BCUT2D eigenvalue weighted by Gasteiger charge is 2.12. The van der Waals surface area contributed by atoms with Crippen molar-refractivity contribution >= 4 is 11.9 Å². The highest BCUT2D eigenvalue weighted by Crippen LogP contribution is 2.11. The lowest BCUT2D eigenvalue weighted by molar-refractivity contribution is 0.0696. The summed E-state index contributed by atoms with van der Waals surface area (Å²) < 4.78 is 1.89. The van der Waals surface area contributed by atoms with Crippen molar-refractivity contribution in [3.63, 3.8) is 0 Å². The summed E-state index contributed by atoms with van der Waals surface area (Å²) in [5.41, 5.74) is 1.57. The fourth-order valence-corrected chi connectivity index (χ4v) is 2.12. The first-order chi connectivity index (χ1) is 9.99. The van der Waals surface area contributed by atoms with E-state index in [4.69, 9.17) is 5.11 Å². The number of hydrogen-bond acceptors (Lipinski definition) is 2. The summed E-state index contributed by atoms with van der Waals surface area (Å²) in [7, 11) is 0. The SMILES string of the molecule is CC(C)n1cccc1C(=O)NCc1cccc(C(=O)O)c1. The second-order valence-electron chi connectivity index (χ2n) is 5.08. The lowest BCUT2D eigenvalue weighted by Gasteiger charge is -2.13. The largest absolute Gasteiger partial charge is 0.478 e. The van der Waals surface area contributed by atoms with Crippen LogP contribution in [-0.2, 0) is 6.54 Å². The van der Waals surface area contributed by atoms with E-state index >= 15 is 0 Å². The molecule has 2 aromatic rings. The van der Waals surface area contributed by atoms with Crippen LogP contribution in [0.4, 0.5) is 0 Å². The minimum absolute atomic E-state index is 0.172. The summed E-state index contributed by atoms with van der Waals surface area (Å²) in [5.74, 6) is -1.15. The number of aromatic carboxylic acids is 1. The molecule has 0 saturated heterocycles. The van der Waals surface area contributed by atoms with E-state index < -0.39 is 5.97 Å². The van der Waals surface area contributed by atoms with Gasteiger partial charge in [0.25, 0.3) is 5.91 Å². The zero-order chi connectivity index (χ0) is 15.4. The monoisotopic (exact) mass is 286 g/mol. The number of carbonyl (C=O) groups excluding carboxylic acids is 1. The predicted molar refractivity (Wildman–Crippen MR) is 79.4 cm³/mol. The van der Waals surface area contributed by atoms with Gasteiger partial charge in [-0.05, 0) is 43.7 Å². The van der Waals surface area contributed by atoms with Crippen LogP contribution in [0.3, 0.4) is 0 Å². The molecule has 0 fully saturated rings. The summed E-state index contributed by atoms with van der Waals surface area (Å²) in [6.45, 7) is 4.31. The molecule has 0 bridgehead atoms. The molecule has 0 atom stereocenters. The van der Waals surface area contributed by atoms with Crippen LogP contribution in [0, 0.1) is 0 Å². The molecule has 1 aromatic heterocycles. The van der Waals surface area contributed by atoms with Crippen molar-refractivity contribution < 1.29 is 14.7 Å². The van der Waals surface area contributed by atoms with Gasteiger partial charge in [0.05, 0.1) is 5.56 Å². The smallest absolute Gasteiger partial charge is 0.335 e. The van der Waals surface area contributed by atoms with Gasteiger partial charge in [-0.3, -0.25) is 4.79 Å². The quantitative estimate of drug-likeness (QED) is 0.887. The van der Waals surface area contributed by atoms with Crippen molar-refractivity contribution in [2.45, 2.75) is 26.4 Å². The number of nitrogens with zero attached hydrogens (tertiary/aromatic N) is 1. The normalized spacial score (nSPS) is 10.6. The number of carboxylic acid groups (broad SMARTS) is 1. The minimum atomic E-state index is -0.975. The van der Waals surface area contributed by atoms with Gasteiger partial charge in [0.2, 0.25) is 0 Å². The minimum Gasteiger partial charge on any atom is -0.478 e. The van der Waals surface area contributed by atoms with Crippen molar-refractivity contribution in [2.24, 2.45) is 0 Å². The maximum absolute atomic E-state index is 12.2. The molecule has 0 aliphatic heterocycles. The summed E-state index contributed by atoms with van der Waals surface area (Å²) in [4.78, 5) is 23.1. The molecule has 0 unspecified atom stereocenters. The van der Waals surface area contributed by atoms with Gasteiger partial charge in [-0.1, -0.05) is 12.1 Å². The van der Waals surface area contributed by atoms with Crippen LogP contribution in [0.2, 0.25) is 0 Å². The van der Waals surface area contributed by atoms with E-state index in [-0.39, 0.29) is 17.5 Å². The number of nitrogens with one attached hydrogen (secondary N) is 1. The summed E-state index contributed by atoms with van der Waals surface area (Å²) in [6, 6.07) is 10.3. The zero-order valence-corrected chi connectivity index (χ0v) is 12.0. The van der Waals surface area contributed by atoms with Gasteiger partial charge < -0.3 is 15.0 Å². The second kappa shape index (κ2) is 6.26. The van der Waals surface area contributed by atoms with E-state index in [0.717, 1.165) is 5.56 Å². The molecule has 0 spiro atoms. The number of carbonyl (C=O) groups is 2. The Labute approximate surface area is 123 Å². The molecular weight excluding hydrogens is 268 g/mol. The van der Waals surface area contributed by atoms with Crippen molar-refractivity contribution in [3.05, 3.63) is 59.4 Å². The van der Waals surface area contributed by atoms with Gasteiger partial charge in [0.15, 0.2) is 0 Å². The first kappa shape index (κ1) is 14.8.